The van der Waals surface area contributed by atoms with E-state index < -0.39 is 0 Å². The van der Waals surface area contributed by atoms with Crippen LogP contribution in [-0.2, 0) is 4.79 Å². The fourth-order valence-electron chi connectivity index (χ4n) is 2.95. The minimum Gasteiger partial charge on any atom is -0.355 e. The van der Waals surface area contributed by atoms with Gasteiger partial charge in [-0.3, -0.25) is 4.79 Å². The van der Waals surface area contributed by atoms with Crippen LogP contribution in [0.15, 0.2) is 12.2 Å². The van der Waals surface area contributed by atoms with Crippen molar-refractivity contribution in [1.29, 1.82) is 0 Å². The molecule has 1 fully saturated rings. The number of hydrogen-bond donors (Lipinski definition) is 1. The Morgan fingerprint density at radius 3 is 2.87 bits per heavy atom. The molecule has 0 aliphatic heterocycles. The van der Waals surface area contributed by atoms with Crippen molar-refractivity contribution in [2.75, 3.05) is 6.54 Å². The third-order valence-corrected chi connectivity index (χ3v) is 3.95. The molecule has 2 aliphatic rings. The van der Waals surface area contributed by atoms with E-state index in [1.54, 1.807) is 0 Å². The molecule has 0 aromatic carbocycles. The van der Waals surface area contributed by atoms with Gasteiger partial charge >= 0.3 is 0 Å². The summed E-state index contributed by atoms with van der Waals surface area (Å²) in [7, 11) is 0. The van der Waals surface area contributed by atoms with Gasteiger partial charge in [0.15, 0.2) is 0 Å². The molecule has 2 nitrogen and oxygen atoms in total. The molecule has 0 spiro atoms. The molecule has 1 saturated carbocycles. The van der Waals surface area contributed by atoms with Crippen LogP contribution in [-0.4, -0.2) is 12.5 Å². The molecule has 1 N–H and O–H groups in total. The van der Waals surface area contributed by atoms with E-state index in [0.29, 0.717) is 11.8 Å². The van der Waals surface area contributed by atoms with Gasteiger partial charge < -0.3 is 5.32 Å². The maximum absolute atomic E-state index is 12.1. The Morgan fingerprint density at radius 2 is 2.33 bits per heavy atom. The minimum absolute atomic E-state index is 0.141. The number of amides is 1. The molecule has 0 aromatic heterocycles. The molecule has 15 heavy (non-hydrogen) atoms. The van der Waals surface area contributed by atoms with Gasteiger partial charge in [-0.25, -0.2) is 0 Å². The molecule has 2 aliphatic carbocycles. The number of unbranched alkanes of at least 4 members (excludes halogenated alkanes) is 1. The van der Waals surface area contributed by atoms with Crippen LogP contribution < -0.4 is 5.32 Å². The Bertz CT molecular complexity index is 284. The third kappa shape index (κ3) is 1.82. The van der Waals surface area contributed by atoms with Crippen molar-refractivity contribution in [1.82, 2.24) is 5.32 Å². The largest absolute Gasteiger partial charge is 0.355 e. The lowest BCUT2D eigenvalue weighted by Gasteiger charge is -2.23. The summed E-state index contributed by atoms with van der Waals surface area (Å²) in [5.41, 5.74) is -0.141. The van der Waals surface area contributed by atoms with Crippen molar-refractivity contribution in [2.24, 2.45) is 17.3 Å². The van der Waals surface area contributed by atoms with Gasteiger partial charge in [0.1, 0.15) is 0 Å². The fourth-order valence-corrected chi connectivity index (χ4v) is 2.95. The monoisotopic (exact) mass is 207 g/mol. The zero-order chi connectivity index (χ0) is 10.9. The minimum atomic E-state index is -0.141. The van der Waals surface area contributed by atoms with E-state index in [9.17, 15) is 4.79 Å². The lowest BCUT2D eigenvalue weighted by molar-refractivity contribution is -0.128. The van der Waals surface area contributed by atoms with Crippen molar-refractivity contribution in [2.45, 2.75) is 39.5 Å². The van der Waals surface area contributed by atoms with E-state index >= 15 is 0 Å². The highest BCUT2D eigenvalue weighted by Crippen LogP contribution is 2.52. The highest BCUT2D eigenvalue weighted by molar-refractivity contribution is 5.85. The van der Waals surface area contributed by atoms with Gasteiger partial charge in [-0.2, -0.15) is 0 Å². The normalized spacial score (nSPS) is 37.2. The molecule has 2 bridgehead atoms. The van der Waals surface area contributed by atoms with Crippen molar-refractivity contribution in [3.05, 3.63) is 12.2 Å². The van der Waals surface area contributed by atoms with Crippen LogP contribution in [0.1, 0.15) is 39.5 Å². The predicted molar refractivity (Wildman–Crippen MR) is 61.4 cm³/mol. The van der Waals surface area contributed by atoms with Gasteiger partial charge in [-0.05, 0) is 31.1 Å². The smallest absolute Gasteiger partial charge is 0.230 e. The molecular formula is C13H21NO. The average molecular weight is 207 g/mol. The molecule has 2 rings (SSSR count). The van der Waals surface area contributed by atoms with Crippen LogP contribution in [0.4, 0.5) is 0 Å². The van der Waals surface area contributed by atoms with Crippen LogP contribution in [0, 0.1) is 17.3 Å². The zero-order valence-electron chi connectivity index (χ0n) is 9.75. The average Bonchev–Trinajstić information content (AvgIpc) is 2.76. The standard InChI is InChI=1S/C13H21NO/c1-3-4-7-14-12(15)13-6-5-11(9-13)10(2)8-13/h5-6,10-11H,3-4,7-9H2,1-2H3,(H,14,15). The summed E-state index contributed by atoms with van der Waals surface area (Å²) >= 11 is 0. The summed E-state index contributed by atoms with van der Waals surface area (Å²) in [5, 5.41) is 3.07. The highest BCUT2D eigenvalue weighted by atomic mass is 16.2. The van der Waals surface area contributed by atoms with Crippen LogP contribution in [0.3, 0.4) is 0 Å². The molecule has 2 heteroatoms. The summed E-state index contributed by atoms with van der Waals surface area (Å²) in [4.78, 5) is 12.1. The molecule has 3 atom stereocenters. The second-order valence-corrected chi connectivity index (χ2v) is 5.17. The van der Waals surface area contributed by atoms with Crippen molar-refractivity contribution < 1.29 is 4.79 Å². The number of nitrogens with one attached hydrogen (secondary N) is 1. The summed E-state index contributed by atoms with van der Waals surface area (Å²) < 4.78 is 0. The number of rotatable bonds is 4. The first-order chi connectivity index (χ1) is 7.18. The van der Waals surface area contributed by atoms with Gasteiger partial charge in [0, 0.05) is 6.54 Å². The molecule has 1 amide bonds. The topological polar surface area (TPSA) is 29.1 Å². The van der Waals surface area contributed by atoms with E-state index in [1.165, 1.54) is 0 Å². The van der Waals surface area contributed by atoms with Crippen molar-refractivity contribution in [3.63, 3.8) is 0 Å². The number of carbonyl (C=O) groups excluding carboxylic acids is 1. The van der Waals surface area contributed by atoms with Gasteiger partial charge in [0.25, 0.3) is 0 Å². The maximum Gasteiger partial charge on any atom is 0.230 e. The van der Waals surface area contributed by atoms with Crippen LogP contribution in [0.5, 0.6) is 0 Å². The first kappa shape index (κ1) is 10.7. The fraction of sp³-hybridized carbons (Fsp3) is 0.769. The first-order valence-corrected chi connectivity index (χ1v) is 6.15. The number of hydrogen-bond acceptors (Lipinski definition) is 1. The summed E-state index contributed by atoms with van der Waals surface area (Å²) in [6.45, 7) is 5.24. The molecule has 0 saturated heterocycles. The lowest BCUT2D eigenvalue weighted by atomic mass is 9.84. The van der Waals surface area contributed by atoms with Crippen LogP contribution in [0.2, 0.25) is 0 Å². The SMILES string of the molecule is CCCCNC(=O)C12C=CC(C1)C(C)C2. The zero-order valence-corrected chi connectivity index (χ0v) is 9.75. The van der Waals surface area contributed by atoms with E-state index in [1.807, 2.05) is 0 Å². The van der Waals surface area contributed by atoms with Crippen molar-refractivity contribution >= 4 is 5.91 Å². The Balaban J connectivity index is 1.93. The molecular weight excluding hydrogens is 186 g/mol. The highest BCUT2D eigenvalue weighted by Gasteiger charge is 2.49. The Morgan fingerprint density at radius 1 is 1.53 bits per heavy atom. The Kier molecular flexibility index (Phi) is 2.85. The summed E-state index contributed by atoms with van der Waals surface area (Å²) in [6.07, 6.45) is 8.72. The molecule has 0 heterocycles. The Hall–Kier alpha value is -0.790. The predicted octanol–water partition coefficient (Wildman–Crippen LogP) is 2.51. The lowest BCUT2D eigenvalue weighted by Crippen LogP contribution is -2.38. The van der Waals surface area contributed by atoms with Crippen LogP contribution in [0.25, 0.3) is 0 Å². The van der Waals surface area contributed by atoms with E-state index in [2.05, 4.69) is 31.3 Å². The third-order valence-electron chi connectivity index (χ3n) is 3.95. The number of allylic oxidation sites excluding steroid dienone is 1. The van der Waals surface area contributed by atoms with Gasteiger partial charge in [0.2, 0.25) is 5.91 Å². The van der Waals surface area contributed by atoms with E-state index in [-0.39, 0.29) is 11.3 Å². The van der Waals surface area contributed by atoms with Gasteiger partial charge in [0.05, 0.1) is 5.41 Å². The van der Waals surface area contributed by atoms with E-state index in [0.717, 1.165) is 32.2 Å². The number of carbonyl (C=O) groups is 1. The Labute approximate surface area is 92.1 Å². The maximum atomic E-state index is 12.1. The quantitative estimate of drug-likeness (QED) is 0.557. The van der Waals surface area contributed by atoms with Crippen LogP contribution >= 0.6 is 0 Å². The summed E-state index contributed by atoms with van der Waals surface area (Å²) in [5.74, 6) is 1.60. The van der Waals surface area contributed by atoms with E-state index in [4.69, 9.17) is 0 Å². The van der Waals surface area contributed by atoms with Crippen molar-refractivity contribution in [3.8, 4) is 0 Å². The second-order valence-electron chi connectivity index (χ2n) is 5.17. The van der Waals surface area contributed by atoms with Gasteiger partial charge in [-0.1, -0.05) is 32.4 Å². The molecule has 0 aromatic rings. The first-order valence-electron chi connectivity index (χ1n) is 6.15. The number of fused-ring (bicyclic) bond motifs is 2. The molecule has 0 radical (unpaired) electrons. The second kappa shape index (κ2) is 3.99. The summed E-state index contributed by atoms with van der Waals surface area (Å²) in [6, 6.07) is 0. The molecule has 3 unspecified atom stereocenters. The van der Waals surface area contributed by atoms with Gasteiger partial charge in [-0.15, -0.1) is 0 Å². The molecule has 84 valence electrons.